The number of sulfone groups is 1. The van der Waals surface area contributed by atoms with Gasteiger partial charge in [-0.2, -0.15) is 0 Å². The molecule has 0 aliphatic carbocycles. The lowest BCUT2D eigenvalue weighted by molar-refractivity contribution is 0.601. The van der Waals surface area contributed by atoms with Crippen molar-refractivity contribution in [3.8, 4) is 0 Å². The molecule has 0 N–H and O–H groups in total. The highest BCUT2D eigenvalue weighted by Gasteiger charge is 2.47. The maximum Gasteiger partial charge on any atom is 0.164 e. The van der Waals surface area contributed by atoms with E-state index in [-0.39, 0.29) is 23.6 Å². The molecule has 0 amide bonds. The Bertz CT molecular complexity index is 979. The third kappa shape index (κ3) is 3.60. The van der Waals surface area contributed by atoms with E-state index in [0.717, 1.165) is 21.4 Å². The van der Waals surface area contributed by atoms with Crippen LogP contribution in [0.1, 0.15) is 5.56 Å². The molecule has 0 bridgehead atoms. The molecular formula is C18H16Cl2N2O2S2. The maximum atomic E-state index is 12.1. The Balaban J connectivity index is 1.64. The molecule has 1 saturated heterocycles. The van der Waals surface area contributed by atoms with Crippen molar-refractivity contribution in [2.24, 2.45) is 4.99 Å². The molecule has 0 spiro atoms. The molecule has 2 aliphatic heterocycles. The van der Waals surface area contributed by atoms with Crippen LogP contribution in [0.5, 0.6) is 0 Å². The molecule has 8 heteroatoms. The number of hydrogen-bond donors (Lipinski definition) is 0. The molecule has 2 heterocycles. The number of amidine groups is 1. The number of nitrogens with zero attached hydrogens (tertiary/aromatic N) is 2. The number of hydrogen-bond acceptors (Lipinski definition) is 5. The molecule has 4 nitrogen and oxygen atoms in total. The van der Waals surface area contributed by atoms with Gasteiger partial charge < -0.3 is 4.90 Å². The second-order valence-corrected chi connectivity index (χ2v) is 10.3. The second-order valence-electron chi connectivity index (χ2n) is 6.35. The van der Waals surface area contributed by atoms with E-state index in [0.29, 0.717) is 10.8 Å². The van der Waals surface area contributed by atoms with Crippen molar-refractivity contribution in [3.63, 3.8) is 0 Å². The van der Waals surface area contributed by atoms with Crippen molar-refractivity contribution in [1.82, 2.24) is 0 Å². The van der Waals surface area contributed by atoms with Gasteiger partial charge in [0.25, 0.3) is 0 Å². The Hall–Kier alpha value is -1.21. The minimum Gasteiger partial charge on any atom is -0.315 e. The van der Waals surface area contributed by atoms with Crippen molar-refractivity contribution in [3.05, 3.63) is 64.1 Å². The zero-order chi connectivity index (χ0) is 18.3. The minimum absolute atomic E-state index is 0.102. The fraction of sp³-hybridized carbons (Fsp3) is 0.278. The Morgan fingerprint density at radius 2 is 1.92 bits per heavy atom. The predicted octanol–water partition coefficient (Wildman–Crippen LogP) is 4.27. The Labute approximate surface area is 167 Å². The molecule has 26 heavy (non-hydrogen) atoms. The molecule has 2 atom stereocenters. The molecule has 2 unspecified atom stereocenters. The summed E-state index contributed by atoms with van der Waals surface area (Å²) < 4.78 is 24.1. The third-order valence-corrected chi connectivity index (χ3v) is 7.83. The summed E-state index contributed by atoms with van der Waals surface area (Å²) in [5.41, 5.74) is 1.89. The number of rotatable bonds is 3. The highest BCUT2D eigenvalue weighted by molar-refractivity contribution is 8.13. The number of halogens is 2. The van der Waals surface area contributed by atoms with Crippen LogP contribution in [0.2, 0.25) is 10.0 Å². The lowest BCUT2D eigenvalue weighted by atomic mass is 10.1. The van der Waals surface area contributed by atoms with Crippen LogP contribution in [0.15, 0.2) is 53.5 Å². The van der Waals surface area contributed by atoms with Crippen LogP contribution in [0.4, 0.5) is 5.69 Å². The molecular weight excluding hydrogens is 411 g/mol. The third-order valence-electron chi connectivity index (χ3n) is 4.51. The summed E-state index contributed by atoms with van der Waals surface area (Å²) in [5, 5.41) is 2.15. The molecule has 4 rings (SSSR count). The van der Waals surface area contributed by atoms with Gasteiger partial charge in [-0.15, -0.1) is 0 Å². The van der Waals surface area contributed by atoms with Crippen molar-refractivity contribution >= 4 is 55.7 Å². The number of fused-ring (bicyclic) bond motifs is 1. The van der Waals surface area contributed by atoms with Crippen LogP contribution in [0.3, 0.4) is 0 Å². The molecule has 0 saturated carbocycles. The summed E-state index contributed by atoms with van der Waals surface area (Å²) in [6.45, 7) is 0. The van der Waals surface area contributed by atoms with Gasteiger partial charge in [0.05, 0.1) is 23.6 Å². The standard InChI is InChI=1S/C18H16Cl2N2O2S2/c19-13-5-3-6-14(8-13)22-17-11-26(23,24)10-16(17)21-18(22)25-9-12-4-1-2-7-15(12)20/h1-8,16-17H,9-11H2. The van der Waals surface area contributed by atoms with Gasteiger partial charge in [-0.05, 0) is 29.8 Å². The van der Waals surface area contributed by atoms with Gasteiger partial charge in [0.1, 0.15) is 0 Å². The normalized spacial score (nSPS) is 23.8. The van der Waals surface area contributed by atoms with Crippen LogP contribution >= 0.6 is 35.0 Å². The maximum absolute atomic E-state index is 12.1. The quantitative estimate of drug-likeness (QED) is 0.734. The topological polar surface area (TPSA) is 49.7 Å². The fourth-order valence-electron chi connectivity index (χ4n) is 3.32. The first-order valence-electron chi connectivity index (χ1n) is 8.12. The van der Waals surface area contributed by atoms with Gasteiger partial charge in [-0.25, -0.2) is 8.42 Å². The molecule has 0 radical (unpaired) electrons. The molecule has 2 aliphatic rings. The molecule has 1 fully saturated rings. The van der Waals surface area contributed by atoms with E-state index in [1.54, 1.807) is 17.8 Å². The molecule has 2 aromatic rings. The smallest absolute Gasteiger partial charge is 0.164 e. The molecule has 0 aromatic heterocycles. The van der Waals surface area contributed by atoms with Gasteiger partial charge in [-0.3, -0.25) is 4.99 Å². The fourth-order valence-corrected chi connectivity index (χ4v) is 6.76. The Morgan fingerprint density at radius 3 is 2.69 bits per heavy atom. The molecule has 136 valence electrons. The SMILES string of the molecule is O=S1(=O)CC2N=C(SCc3ccccc3Cl)N(c3cccc(Cl)c3)C2C1. The van der Waals surface area contributed by atoms with Crippen LogP contribution in [-0.2, 0) is 15.6 Å². The molecule has 2 aromatic carbocycles. The number of thioether (sulfide) groups is 1. The lowest BCUT2D eigenvalue weighted by Crippen LogP contribution is -2.39. The highest BCUT2D eigenvalue weighted by Crippen LogP contribution is 2.37. The summed E-state index contributed by atoms with van der Waals surface area (Å²) in [6, 6.07) is 14.8. The van der Waals surface area contributed by atoms with Gasteiger partial charge in [0.15, 0.2) is 15.0 Å². The van der Waals surface area contributed by atoms with E-state index in [2.05, 4.69) is 0 Å². The first kappa shape index (κ1) is 18.2. The average Bonchev–Trinajstić information content (AvgIpc) is 3.05. The summed E-state index contributed by atoms with van der Waals surface area (Å²) >= 11 is 14.0. The van der Waals surface area contributed by atoms with Crippen LogP contribution in [0.25, 0.3) is 0 Å². The summed E-state index contributed by atoms with van der Waals surface area (Å²) in [4.78, 5) is 6.73. The van der Waals surface area contributed by atoms with Gasteiger partial charge in [0, 0.05) is 21.5 Å². The monoisotopic (exact) mass is 426 g/mol. The number of benzene rings is 2. The largest absolute Gasteiger partial charge is 0.315 e. The first-order valence-corrected chi connectivity index (χ1v) is 11.7. The van der Waals surface area contributed by atoms with E-state index in [1.165, 1.54) is 0 Å². The summed E-state index contributed by atoms with van der Waals surface area (Å²) in [7, 11) is -3.07. The zero-order valence-electron chi connectivity index (χ0n) is 13.7. The van der Waals surface area contributed by atoms with Crippen LogP contribution in [0, 0.1) is 0 Å². The van der Waals surface area contributed by atoms with E-state index < -0.39 is 9.84 Å². The number of aliphatic imine (C=N–C) groups is 1. The van der Waals surface area contributed by atoms with E-state index in [9.17, 15) is 8.42 Å². The van der Waals surface area contributed by atoms with Gasteiger partial charge >= 0.3 is 0 Å². The van der Waals surface area contributed by atoms with Crippen molar-refractivity contribution in [2.45, 2.75) is 17.8 Å². The van der Waals surface area contributed by atoms with E-state index in [1.807, 2.05) is 47.4 Å². The van der Waals surface area contributed by atoms with Crippen LogP contribution < -0.4 is 4.90 Å². The summed E-state index contributed by atoms with van der Waals surface area (Å²) in [5.74, 6) is 0.885. The predicted molar refractivity (Wildman–Crippen MR) is 110 cm³/mol. The Kier molecular flexibility index (Phi) is 4.94. The van der Waals surface area contributed by atoms with Gasteiger partial charge in [-0.1, -0.05) is 59.2 Å². The van der Waals surface area contributed by atoms with E-state index >= 15 is 0 Å². The van der Waals surface area contributed by atoms with Crippen molar-refractivity contribution in [1.29, 1.82) is 0 Å². The van der Waals surface area contributed by atoms with E-state index in [4.69, 9.17) is 28.2 Å². The summed E-state index contributed by atoms with van der Waals surface area (Å²) in [6.07, 6.45) is 0. The van der Waals surface area contributed by atoms with Gasteiger partial charge in [0.2, 0.25) is 0 Å². The minimum atomic E-state index is -3.07. The first-order chi connectivity index (χ1) is 12.4. The van der Waals surface area contributed by atoms with Crippen molar-refractivity contribution < 1.29 is 8.42 Å². The Morgan fingerprint density at radius 1 is 1.12 bits per heavy atom. The second kappa shape index (κ2) is 7.08. The highest BCUT2D eigenvalue weighted by atomic mass is 35.5. The number of anilines is 1. The average molecular weight is 427 g/mol. The zero-order valence-corrected chi connectivity index (χ0v) is 16.8. The van der Waals surface area contributed by atoms with Crippen molar-refractivity contribution in [2.75, 3.05) is 16.4 Å². The lowest BCUT2D eigenvalue weighted by Gasteiger charge is -2.26. The van der Waals surface area contributed by atoms with Crippen LogP contribution in [-0.4, -0.2) is 37.2 Å².